The van der Waals surface area contributed by atoms with Crippen LogP contribution in [0.2, 0.25) is 0 Å². The van der Waals surface area contributed by atoms with Crippen LogP contribution in [0.25, 0.3) is 0 Å². The molecule has 0 bridgehead atoms. The predicted molar refractivity (Wildman–Crippen MR) is 71.9 cm³/mol. The molecule has 1 heterocycles. The average molecular weight is 296 g/mol. The summed E-state index contributed by atoms with van der Waals surface area (Å²) < 4.78 is 4.86. The highest BCUT2D eigenvalue weighted by Gasteiger charge is 2.35. The van der Waals surface area contributed by atoms with Crippen molar-refractivity contribution < 1.29 is 23.9 Å². The van der Waals surface area contributed by atoms with E-state index in [0.29, 0.717) is 0 Å². The lowest BCUT2D eigenvalue weighted by molar-refractivity contribution is -0.150. The number of hydrogen-bond donors (Lipinski definition) is 0. The van der Waals surface area contributed by atoms with Gasteiger partial charge in [-0.25, -0.2) is 0 Å². The van der Waals surface area contributed by atoms with Gasteiger partial charge in [-0.2, -0.15) is 0 Å². The Morgan fingerprint density at radius 2 is 1.86 bits per heavy atom. The minimum Gasteiger partial charge on any atom is -0.465 e. The molecule has 0 spiro atoms. The lowest BCUT2D eigenvalue weighted by atomic mass is 10.3. The SMILES string of the molecule is CCOC(=O)CN(C(=O)CCN1C(=O)CCC1=O)C1CC1. The van der Waals surface area contributed by atoms with Gasteiger partial charge in [0.2, 0.25) is 17.7 Å². The van der Waals surface area contributed by atoms with Crippen molar-refractivity contribution in [3.63, 3.8) is 0 Å². The summed E-state index contributed by atoms with van der Waals surface area (Å²) in [6.45, 7) is 2.04. The van der Waals surface area contributed by atoms with Gasteiger partial charge in [-0.15, -0.1) is 0 Å². The average Bonchev–Trinajstić information content (AvgIpc) is 3.22. The largest absolute Gasteiger partial charge is 0.465 e. The normalized spacial score (nSPS) is 18.0. The maximum absolute atomic E-state index is 12.2. The van der Waals surface area contributed by atoms with Crippen molar-refractivity contribution >= 4 is 23.7 Å². The Kier molecular flexibility index (Phi) is 4.93. The van der Waals surface area contributed by atoms with Crippen LogP contribution in [0.3, 0.4) is 0 Å². The molecule has 0 radical (unpaired) electrons. The second kappa shape index (κ2) is 6.69. The van der Waals surface area contributed by atoms with Gasteiger partial charge in [0.1, 0.15) is 6.54 Å². The van der Waals surface area contributed by atoms with E-state index in [1.165, 1.54) is 4.90 Å². The van der Waals surface area contributed by atoms with E-state index in [9.17, 15) is 19.2 Å². The van der Waals surface area contributed by atoms with E-state index in [2.05, 4.69) is 0 Å². The third-order valence-electron chi connectivity index (χ3n) is 3.62. The van der Waals surface area contributed by atoms with Crippen LogP contribution in [0.4, 0.5) is 0 Å². The van der Waals surface area contributed by atoms with Crippen LogP contribution >= 0.6 is 0 Å². The fraction of sp³-hybridized carbons (Fsp3) is 0.714. The van der Waals surface area contributed by atoms with Gasteiger partial charge in [0, 0.05) is 31.8 Å². The van der Waals surface area contributed by atoms with Crippen LogP contribution in [-0.4, -0.2) is 59.2 Å². The van der Waals surface area contributed by atoms with Crippen LogP contribution in [-0.2, 0) is 23.9 Å². The molecule has 0 aromatic rings. The van der Waals surface area contributed by atoms with Gasteiger partial charge < -0.3 is 9.64 Å². The molecule has 1 aliphatic heterocycles. The second-order valence-electron chi connectivity index (χ2n) is 5.25. The van der Waals surface area contributed by atoms with Gasteiger partial charge in [0.25, 0.3) is 0 Å². The van der Waals surface area contributed by atoms with Crippen molar-refractivity contribution in [2.45, 2.75) is 45.1 Å². The fourth-order valence-electron chi connectivity index (χ4n) is 2.38. The Morgan fingerprint density at radius 3 is 2.38 bits per heavy atom. The van der Waals surface area contributed by atoms with Gasteiger partial charge in [0.05, 0.1) is 6.61 Å². The number of amides is 3. The molecule has 0 atom stereocenters. The molecule has 0 aromatic heterocycles. The molecule has 0 N–H and O–H groups in total. The van der Waals surface area contributed by atoms with Gasteiger partial charge >= 0.3 is 5.97 Å². The molecular formula is C14H20N2O5. The first kappa shape index (κ1) is 15.5. The summed E-state index contributed by atoms with van der Waals surface area (Å²) in [6, 6.07) is 0.0897. The lowest BCUT2D eigenvalue weighted by Crippen LogP contribution is -2.40. The van der Waals surface area contributed by atoms with E-state index < -0.39 is 5.97 Å². The number of hydrogen-bond acceptors (Lipinski definition) is 5. The standard InChI is InChI=1S/C14H20N2O5/c1-2-21-14(20)9-16(10-3-4-10)13(19)7-8-15-11(17)5-6-12(15)18/h10H,2-9H2,1H3. The molecule has 1 saturated heterocycles. The third-order valence-corrected chi connectivity index (χ3v) is 3.62. The number of carbonyl (C=O) groups excluding carboxylic acids is 4. The van der Waals surface area contributed by atoms with Crippen molar-refractivity contribution in [2.75, 3.05) is 19.7 Å². The molecule has 1 saturated carbocycles. The van der Waals surface area contributed by atoms with Crippen molar-refractivity contribution in [1.29, 1.82) is 0 Å². The van der Waals surface area contributed by atoms with Crippen LogP contribution in [0.1, 0.15) is 39.0 Å². The monoisotopic (exact) mass is 296 g/mol. The Morgan fingerprint density at radius 1 is 1.24 bits per heavy atom. The molecule has 116 valence electrons. The molecule has 7 heteroatoms. The van der Waals surface area contributed by atoms with Gasteiger partial charge in [-0.05, 0) is 19.8 Å². The molecule has 0 aromatic carbocycles. The maximum Gasteiger partial charge on any atom is 0.325 e. The number of likely N-dealkylation sites (tertiary alicyclic amines) is 1. The summed E-state index contributed by atoms with van der Waals surface area (Å²) in [5, 5.41) is 0. The van der Waals surface area contributed by atoms with E-state index in [-0.39, 0.29) is 62.7 Å². The van der Waals surface area contributed by atoms with Crippen molar-refractivity contribution in [3.05, 3.63) is 0 Å². The van der Waals surface area contributed by atoms with E-state index in [4.69, 9.17) is 4.74 Å². The summed E-state index contributed by atoms with van der Waals surface area (Å²) in [7, 11) is 0. The summed E-state index contributed by atoms with van der Waals surface area (Å²) in [5.41, 5.74) is 0. The Bertz CT molecular complexity index is 442. The zero-order valence-electron chi connectivity index (χ0n) is 12.2. The molecule has 2 rings (SSSR count). The molecule has 3 amide bonds. The minimum absolute atomic E-state index is 0.0563. The maximum atomic E-state index is 12.2. The van der Waals surface area contributed by atoms with E-state index in [1.807, 2.05) is 0 Å². The highest BCUT2D eigenvalue weighted by atomic mass is 16.5. The van der Waals surface area contributed by atoms with Gasteiger partial charge in [0.15, 0.2) is 0 Å². The fourth-order valence-corrected chi connectivity index (χ4v) is 2.38. The smallest absolute Gasteiger partial charge is 0.325 e. The summed E-state index contributed by atoms with van der Waals surface area (Å²) in [4.78, 5) is 49.3. The number of imide groups is 1. The molecule has 0 unspecified atom stereocenters. The zero-order valence-corrected chi connectivity index (χ0v) is 12.2. The first-order chi connectivity index (χ1) is 10.0. The van der Waals surface area contributed by atoms with E-state index in [0.717, 1.165) is 17.7 Å². The number of esters is 1. The topological polar surface area (TPSA) is 84.0 Å². The van der Waals surface area contributed by atoms with Crippen molar-refractivity contribution in [1.82, 2.24) is 9.80 Å². The first-order valence-electron chi connectivity index (χ1n) is 7.31. The quantitative estimate of drug-likeness (QED) is 0.491. The highest BCUT2D eigenvalue weighted by Crippen LogP contribution is 2.27. The Balaban J connectivity index is 1.85. The van der Waals surface area contributed by atoms with E-state index in [1.54, 1.807) is 6.92 Å². The zero-order chi connectivity index (χ0) is 15.4. The molecule has 2 fully saturated rings. The highest BCUT2D eigenvalue weighted by molar-refractivity contribution is 6.02. The third kappa shape index (κ3) is 4.03. The molecule has 2 aliphatic rings. The second-order valence-corrected chi connectivity index (χ2v) is 5.25. The van der Waals surface area contributed by atoms with Gasteiger partial charge in [-0.3, -0.25) is 24.1 Å². The van der Waals surface area contributed by atoms with Crippen LogP contribution < -0.4 is 0 Å². The van der Waals surface area contributed by atoms with Crippen LogP contribution in [0.5, 0.6) is 0 Å². The van der Waals surface area contributed by atoms with E-state index >= 15 is 0 Å². The van der Waals surface area contributed by atoms with Crippen molar-refractivity contribution in [2.24, 2.45) is 0 Å². The molecule has 7 nitrogen and oxygen atoms in total. The number of rotatable bonds is 7. The summed E-state index contributed by atoms with van der Waals surface area (Å²) in [6.07, 6.45) is 2.28. The first-order valence-corrected chi connectivity index (χ1v) is 7.31. The molecule has 21 heavy (non-hydrogen) atoms. The van der Waals surface area contributed by atoms with Crippen LogP contribution in [0.15, 0.2) is 0 Å². The molecule has 1 aliphatic carbocycles. The van der Waals surface area contributed by atoms with Crippen molar-refractivity contribution in [3.8, 4) is 0 Å². The Hall–Kier alpha value is -1.92. The minimum atomic E-state index is -0.425. The Labute approximate surface area is 123 Å². The summed E-state index contributed by atoms with van der Waals surface area (Å²) in [5.74, 6) is -1.09. The van der Waals surface area contributed by atoms with Gasteiger partial charge in [-0.1, -0.05) is 0 Å². The lowest BCUT2D eigenvalue weighted by Gasteiger charge is -2.22. The number of carbonyl (C=O) groups is 4. The number of ether oxygens (including phenoxy) is 1. The summed E-state index contributed by atoms with van der Waals surface area (Å²) >= 11 is 0. The predicted octanol–water partition coefficient (Wildman–Crippen LogP) is 0.0796. The molecular weight excluding hydrogens is 276 g/mol. The van der Waals surface area contributed by atoms with Crippen LogP contribution in [0, 0.1) is 0 Å². The number of nitrogens with zero attached hydrogens (tertiary/aromatic N) is 2.